The van der Waals surface area contributed by atoms with Gasteiger partial charge < -0.3 is 28.8 Å². The first kappa shape index (κ1) is 18.0. The molecule has 1 N–H and O–H groups in total. The molecule has 0 unspecified atom stereocenters. The molecule has 2 aliphatic heterocycles. The molecule has 2 heterocycles. The average Bonchev–Trinajstić information content (AvgIpc) is 3.31. The highest BCUT2D eigenvalue weighted by atomic mass is 16.7. The fraction of sp³-hybridized carbons (Fsp3) is 0.400. The monoisotopic (exact) mass is 360 g/mol. The standard InChI is InChI=1S/2C10H12O3/c1-6-4-8(11-3)10-9(7(6)2)12-5-13-10;1-5-6(2)8(11)10-9(7(5)3)12-4-13-10/h4H,5H2,1-3H3;11H,4H2,1-3H3. The van der Waals surface area contributed by atoms with Crippen LogP contribution in [0.25, 0.3) is 0 Å². The summed E-state index contributed by atoms with van der Waals surface area (Å²) in [5.74, 6) is 3.66. The van der Waals surface area contributed by atoms with Gasteiger partial charge in [0.2, 0.25) is 25.1 Å². The average molecular weight is 360 g/mol. The van der Waals surface area contributed by atoms with Gasteiger partial charge in [0.25, 0.3) is 0 Å². The summed E-state index contributed by atoms with van der Waals surface area (Å²) < 4.78 is 26.3. The fourth-order valence-electron chi connectivity index (χ4n) is 2.97. The van der Waals surface area contributed by atoms with Crippen molar-refractivity contribution in [3.8, 4) is 34.5 Å². The molecule has 0 saturated heterocycles. The Morgan fingerprint density at radius 3 is 1.88 bits per heavy atom. The summed E-state index contributed by atoms with van der Waals surface area (Å²) >= 11 is 0. The van der Waals surface area contributed by atoms with Crippen LogP contribution in [0.2, 0.25) is 0 Å². The van der Waals surface area contributed by atoms with Crippen LogP contribution in [0.3, 0.4) is 0 Å². The number of aromatic hydroxyl groups is 1. The highest BCUT2D eigenvalue weighted by Crippen LogP contribution is 2.46. The minimum absolute atomic E-state index is 0.201. The number of hydrogen-bond acceptors (Lipinski definition) is 6. The second-order valence-corrected chi connectivity index (χ2v) is 6.37. The van der Waals surface area contributed by atoms with Crippen LogP contribution in [0.15, 0.2) is 6.07 Å². The molecule has 0 bridgehead atoms. The van der Waals surface area contributed by atoms with Crippen molar-refractivity contribution < 1.29 is 28.8 Å². The molecule has 0 spiro atoms. The topological polar surface area (TPSA) is 66.4 Å². The van der Waals surface area contributed by atoms with Crippen molar-refractivity contribution in [1.82, 2.24) is 0 Å². The molecule has 2 aromatic carbocycles. The van der Waals surface area contributed by atoms with E-state index in [4.69, 9.17) is 23.7 Å². The Hall–Kier alpha value is -2.76. The number of benzene rings is 2. The summed E-state index contributed by atoms with van der Waals surface area (Å²) in [7, 11) is 1.63. The van der Waals surface area contributed by atoms with Gasteiger partial charge in [-0.2, -0.15) is 0 Å². The van der Waals surface area contributed by atoms with Crippen LogP contribution in [0.4, 0.5) is 0 Å². The lowest BCUT2D eigenvalue weighted by molar-refractivity contribution is 0.170. The molecule has 6 heteroatoms. The van der Waals surface area contributed by atoms with Gasteiger partial charge in [-0.3, -0.25) is 0 Å². The molecule has 4 rings (SSSR count). The lowest BCUT2D eigenvalue weighted by Crippen LogP contribution is -1.94. The third-order valence-electron chi connectivity index (χ3n) is 4.98. The first-order chi connectivity index (χ1) is 12.4. The molecule has 0 aliphatic carbocycles. The molecule has 2 aromatic rings. The predicted molar refractivity (Wildman–Crippen MR) is 97.0 cm³/mol. The van der Waals surface area contributed by atoms with Crippen molar-refractivity contribution in [2.75, 3.05) is 20.7 Å². The van der Waals surface area contributed by atoms with E-state index >= 15 is 0 Å². The molecule has 0 fully saturated rings. The van der Waals surface area contributed by atoms with Gasteiger partial charge in [0, 0.05) is 0 Å². The van der Waals surface area contributed by atoms with E-state index in [0.29, 0.717) is 11.5 Å². The summed E-state index contributed by atoms with van der Waals surface area (Å²) in [5, 5.41) is 9.72. The second-order valence-electron chi connectivity index (χ2n) is 6.37. The number of methoxy groups -OCH3 is 1. The van der Waals surface area contributed by atoms with Crippen LogP contribution in [0, 0.1) is 34.6 Å². The summed E-state index contributed by atoms with van der Waals surface area (Å²) in [6.45, 7) is 10.3. The van der Waals surface area contributed by atoms with E-state index in [-0.39, 0.29) is 19.3 Å². The highest BCUT2D eigenvalue weighted by molar-refractivity contribution is 5.63. The third kappa shape index (κ3) is 2.85. The minimum atomic E-state index is 0.201. The Labute approximate surface area is 153 Å². The molecular formula is C20H24O6. The molecular weight excluding hydrogens is 336 g/mol. The number of fused-ring (bicyclic) bond motifs is 2. The van der Waals surface area contributed by atoms with Crippen molar-refractivity contribution in [3.05, 3.63) is 33.9 Å². The SMILES string of the molecule is COc1cc(C)c(C)c2c1OCO2.Cc1c(C)c(O)c2c(c1C)OCO2. The van der Waals surface area contributed by atoms with E-state index in [1.165, 1.54) is 0 Å². The van der Waals surface area contributed by atoms with Gasteiger partial charge in [-0.15, -0.1) is 0 Å². The highest BCUT2D eigenvalue weighted by Gasteiger charge is 2.24. The number of hydrogen-bond donors (Lipinski definition) is 1. The van der Waals surface area contributed by atoms with Gasteiger partial charge in [0.15, 0.2) is 23.0 Å². The molecule has 0 saturated carbocycles. The summed E-state index contributed by atoms with van der Waals surface area (Å²) in [4.78, 5) is 0. The third-order valence-corrected chi connectivity index (χ3v) is 4.98. The molecule has 0 radical (unpaired) electrons. The van der Waals surface area contributed by atoms with Crippen molar-refractivity contribution in [3.63, 3.8) is 0 Å². The van der Waals surface area contributed by atoms with E-state index in [2.05, 4.69) is 0 Å². The molecule has 140 valence electrons. The van der Waals surface area contributed by atoms with Crippen molar-refractivity contribution >= 4 is 0 Å². The van der Waals surface area contributed by atoms with Gasteiger partial charge >= 0.3 is 0 Å². The van der Waals surface area contributed by atoms with Crippen LogP contribution in [-0.4, -0.2) is 25.8 Å². The normalized spacial score (nSPS) is 13.3. The maximum Gasteiger partial charge on any atom is 0.231 e. The van der Waals surface area contributed by atoms with E-state index in [0.717, 1.165) is 45.1 Å². The minimum Gasteiger partial charge on any atom is -0.504 e. The number of aryl methyl sites for hydroxylation is 1. The fourth-order valence-corrected chi connectivity index (χ4v) is 2.97. The Bertz CT molecular complexity index is 822. The van der Waals surface area contributed by atoms with Gasteiger partial charge in [-0.05, 0) is 68.5 Å². The number of phenolic OH excluding ortho intramolecular Hbond substituents is 1. The Kier molecular flexibility index (Phi) is 4.76. The van der Waals surface area contributed by atoms with Crippen molar-refractivity contribution in [1.29, 1.82) is 0 Å². The quantitative estimate of drug-likeness (QED) is 0.826. The van der Waals surface area contributed by atoms with E-state index in [1.807, 2.05) is 40.7 Å². The zero-order valence-electron chi connectivity index (χ0n) is 16.0. The lowest BCUT2D eigenvalue weighted by atomic mass is 10.0. The Balaban J connectivity index is 0.000000151. The van der Waals surface area contributed by atoms with Gasteiger partial charge in [0.05, 0.1) is 7.11 Å². The zero-order valence-corrected chi connectivity index (χ0v) is 16.0. The van der Waals surface area contributed by atoms with Crippen LogP contribution < -0.4 is 23.7 Å². The predicted octanol–water partition coefficient (Wildman–Crippen LogP) is 4.09. The maximum atomic E-state index is 9.72. The smallest absolute Gasteiger partial charge is 0.231 e. The molecule has 0 atom stereocenters. The maximum absolute atomic E-state index is 9.72. The second kappa shape index (κ2) is 6.86. The summed E-state index contributed by atoms with van der Waals surface area (Å²) in [6, 6.07) is 1.96. The summed E-state index contributed by atoms with van der Waals surface area (Å²) in [5.41, 5.74) is 5.24. The lowest BCUT2D eigenvalue weighted by Gasteiger charge is -2.10. The molecule has 0 amide bonds. The molecule has 0 aromatic heterocycles. The van der Waals surface area contributed by atoms with E-state index in [9.17, 15) is 5.11 Å². The molecule has 2 aliphatic rings. The molecule has 6 nitrogen and oxygen atoms in total. The van der Waals surface area contributed by atoms with E-state index < -0.39 is 0 Å². The van der Waals surface area contributed by atoms with Crippen LogP contribution in [-0.2, 0) is 0 Å². The van der Waals surface area contributed by atoms with Gasteiger partial charge in [0.1, 0.15) is 0 Å². The first-order valence-corrected chi connectivity index (χ1v) is 8.38. The first-order valence-electron chi connectivity index (χ1n) is 8.38. The number of phenols is 1. The van der Waals surface area contributed by atoms with E-state index in [1.54, 1.807) is 7.11 Å². The molecule has 26 heavy (non-hydrogen) atoms. The van der Waals surface area contributed by atoms with Crippen LogP contribution in [0.5, 0.6) is 34.5 Å². The number of rotatable bonds is 1. The summed E-state index contributed by atoms with van der Waals surface area (Å²) in [6.07, 6.45) is 0. The number of ether oxygens (including phenoxy) is 5. The zero-order chi connectivity index (χ0) is 19.0. The van der Waals surface area contributed by atoms with Gasteiger partial charge in [-0.25, -0.2) is 0 Å². The van der Waals surface area contributed by atoms with Crippen LogP contribution >= 0.6 is 0 Å². The largest absolute Gasteiger partial charge is 0.504 e. The van der Waals surface area contributed by atoms with Crippen LogP contribution in [0.1, 0.15) is 27.8 Å². The van der Waals surface area contributed by atoms with Crippen molar-refractivity contribution in [2.45, 2.75) is 34.6 Å². The van der Waals surface area contributed by atoms with Crippen molar-refractivity contribution in [2.24, 2.45) is 0 Å². The Morgan fingerprint density at radius 1 is 0.731 bits per heavy atom. The Morgan fingerprint density at radius 2 is 1.27 bits per heavy atom. The van der Waals surface area contributed by atoms with Gasteiger partial charge in [-0.1, -0.05) is 0 Å².